The van der Waals surface area contributed by atoms with Gasteiger partial charge in [0.05, 0.1) is 12.7 Å². The van der Waals surface area contributed by atoms with Gasteiger partial charge in [0, 0.05) is 12.2 Å². The second-order valence-electron chi connectivity index (χ2n) is 4.73. The third kappa shape index (κ3) is 4.91. The second-order valence-corrected chi connectivity index (χ2v) is 4.73. The standard InChI is InChI=1S/C16H15F3N2O2/c1-23-14-7-5-13(6-8-14)21-15(22)20-10-11-3-2-4-12(9-11)16(17,18)19/h2-9H,10H2,1H3,(H2,20,21,22). The maximum absolute atomic E-state index is 12.6. The summed E-state index contributed by atoms with van der Waals surface area (Å²) in [4.78, 5) is 11.7. The van der Waals surface area contributed by atoms with E-state index in [1.807, 2.05) is 0 Å². The van der Waals surface area contributed by atoms with Gasteiger partial charge >= 0.3 is 12.2 Å². The third-order valence-corrected chi connectivity index (χ3v) is 3.06. The zero-order valence-corrected chi connectivity index (χ0v) is 12.3. The van der Waals surface area contributed by atoms with Crippen LogP contribution in [0.5, 0.6) is 5.75 Å². The maximum atomic E-state index is 12.6. The molecule has 0 aliphatic heterocycles. The second kappa shape index (κ2) is 7.04. The highest BCUT2D eigenvalue weighted by Gasteiger charge is 2.30. The number of benzene rings is 2. The zero-order chi connectivity index (χ0) is 16.9. The largest absolute Gasteiger partial charge is 0.497 e. The zero-order valence-electron chi connectivity index (χ0n) is 12.3. The Morgan fingerprint density at radius 1 is 1.13 bits per heavy atom. The molecule has 2 aromatic rings. The lowest BCUT2D eigenvalue weighted by molar-refractivity contribution is -0.137. The quantitative estimate of drug-likeness (QED) is 0.892. The molecule has 0 saturated heterocycles. The van der Waals surface area contributed by atoms with Crippen molar-refractivity contribution in [2.75, 3.05) is 12.4 Å². The number of urea groups is 1. The molecule has 7 heteroatoms. The number of carbonyl (C=O) groups is 1. The van der Waals surface area contributed by atoms with Gasteiger partial charge in [0.25, 0.3) is 0 Å². The molecule has 23 heavy (non-hydrogen) atoms. The van der Waals surface area contributed by atoms with Gasteiger partial charge < -0.3 is 15.4 Å². The first-order chi connectivity index (χ1) is 10.9. The van der Waals surface area contributed by atoms with Gasteiger partial charge in [-0.15, -0.1) is 0 Å². The van der Waals surface area contributed by atoms with Gasteiger partial charge in [0.15, 0.2) is 0 Å². The topological polar surface area (TPSA) is 50.4 Å². The molecule has 0 spiro atoms. The highest BCUT2D eigenvalue weighted by Crippen LogP contribution is 2.29. The summed E-state index contributed by atoms with van der Waals surface area (Å²) in [5.41, 5.74) is 0.171. The summed E-state index contributed by atoms with van der Waals surface area (Å²) in [6.45, 7) is -0.00803. The number of nitrogens with one attached hydrogen (secondary N) is 2. The van der Waals surface area contributed by atoms with Crippen LogP contribution in [0.4, 0.5) is 23.7 Å². The first-order valence-corrected chi connectivity index (χ1v) is 6.73. The Balaban J connectivity index is 1.91. The van der Waals surface area contributed by atoms with Gasteiger partial charge in [-0.05, 0) is 42.0 Å². The predicted molar refractivity (Wildman–Crippen MR) is 80.3 cm³/mol. The van der Waals surface area contributed by atoms with Crippen LogP contribution >= 0.6 is 0 Å². The highest BCUT2D eigenvalue weighted by molar-refractivity contribution is 5.89. The van der Waals surface area contributed by atoms with Crippen molar-refractivity contribution in [1.82, 2.24) is 5.32 Å². The van der Waals surface area contributed by atoms with E-state index >= 15 is 0 Å². The maximum Gasteiger partial charge on any atom is 0.416 e. The van der Waals surface area contributed by atoms with Gasteiger partial charge in [-0.1, -0.05) is 12.1 Å². The number of alkyl halides is 3. The first kappa shape index (κ1) is 16.7. The molecule has 122 valence electrons. The fourth-order valence-corrected chi connectivity index (χ4v) is 1.89. The van der Waals surface area contributed by atoms with Crippen LogP contribution in [0.2, 0.25) is 0 Å². The van der Waals surface area contributed by atoms with E-state index in [1.165, 1.54) is 19.2 Å². The number of carbonyl (C=O) groups excluding carboxylic acids is 1. The number of halogens is 3. The fraction of sp³-hybridized carbons (Fsp3) is 0.188. The average Bonchev–Trinajstić information content (AvgIpc) is 2.53. The molecule has 4 nitrogen and oxygen atoms in total. The number of hydrogen-bond acceptors (Lipinski definition) is 2. The van der Waals surface area contributed by atoms with Crippen LogP contribution in [-0.2, 0) is 12.7 Å². The number of amides is 2. The van der Waals surface area contributed by atoms with E-state index in [0.29, 0.717) is 17.0 Å². The monoisotopic (exact) mass is 324 g/mol. The van der Waals surface area contributed by atoms with Crippen molar-refractivity contribution in [2.45, 2.75) is 12.7 Å². The van der Waals surface area contributed by atoms with E-state index in [9.17, 15) is 18.0 Å². The Kier molecular flexibility index (Phi) is 5.10. The number of rotatable bonds is 4. The predicted octanol–water partition coefficient (Wildman–Crippen LogP) is 4.04. The van der Waals surface area contributed by atoms with E-state index in [4.69, 9.17) is 4.74 Å². The lowest BCUT2D eigenvalue weighted by Gasteiger charge is -2.10. The molecular formula is C16H15F3N2O2. The van der Waals surface area contributed by atoms with Crippen LogP contribution in [-0.4, -0.2) is 13.1 Å². The Morgan fingerprint density at radius 3 is 2.43 bits per heavy atom. The van der Waals surface area contributed by atoms with Crippen LogP contribution in [0.15, 0.2) is 48.5 Å². The fourth-order valence-electron chi connectivity index (χ4n) is 1.89. The summed E-state index contributed by atoms with van der Waals surface area (Å²) in [5, 5.41) is 5.09. The molecule has 2 amide bonds. The van der Waals surface area contributed by atoms with Crippen molar-refractivity contribution in [1.29, 1.82) is 0 Å². The molecule has 0 unspecified atom stereocenters. The molecule has 0 aromatic heterocycles. The van der Waals surface area contributed by atoms with Crippen LogP contribution in [0.1, 0.15) is 11.1 Å². The van der Waals surface area contributed by atoms with Crippen molar-refractivity contribution < 1.29 is 22.7 Å². The van der Waals surface area contributed by atoms with Gasteiger partial charge in [-0.2, -0.15) is 13.2 Å². The summed E-state index contributed by atoms with van der Waals surface area (Å²) in [7, 11) is 1.53. The van der Waals surface area contributed by atoms with Gasteiger partial charge in [0.1, 0.15) is 5.75 Å². The minimum Gasteiger partial charge on any atom is -0.497 e. The van der Waals surface area contributed by atoms with E-state index < -0.39 is 17.8 Å². The molecule has 2 N–H and O–H groups in total. The molecule has 0 fully saturated rings. The van der Waals surface area contributed by atoms with E-state index in [2.05, 4.69) is 10.6 Å². The number of ether oxygens (including phenoxy) is 1. The Hall–Kier alpha value is -2.70. The van der Waals surface area contributed by atoms with E-state index in [1.54, 1.807) is 24.3 Å². The molecular weight excluding hydrogens is 309 g/mol. The lowest BCUT2D eigenvalue weighted by atomic mass is 10.1. The molecule has 0 radical (unpaired) electrons. The SMILES string of the molecule is COc1ccc(NC(=O)NCc2cccc(C(F)(F)F)c2)cc1. The van der Waals surface area contributed by atoms with Crippen molar-refractivity contribution in [3.8, 4) is 5.75 Å². The summed E-state index contributed by atoms with van der Waals surface area (Å²) >= 11 is 0. The minimum absolute atomic E-state index is 0.00803. The molecule has 2 rings (SSSR count). The van der Waals surface area contributed by atoms with Crippen molar-refractivity contribution in [3.63, 3.8) is 0 Å². The molecule has 0 saturated carbocycles. The van der Waals surface area contributed by atoms with Gasteiger partial charge in [-0.25, -0.2) is 4.79 Å². The Bertz CT molecular complexity index is 670. The molecule has 0 bridgehead atoms. The van der Waals surface area contributed by atoms with Crippen LogP contribution in [0.25, 0.3) is 0 Å². The lowest BCUT2D eigenvalue weighted by Crippen LogP contribution is -2.28. The highest BCUT2D eigenvalue weighted by atomic mass is 19.4. The summed E-state index contributed by atoms with van der Waals surface area (Å²) in [6.07, 6.45) is -4.40. The van der Waals surface area contributed by atoms with Crippen molar-refractivity contribution in [2.24, 2.45) is 0 Å². The van der Waals surface area contributed by atoms with Gasteiger partial charge in [-0.3, -0.25) is 0 Å². The summed E-state index contributed by atoms with van der Waals surface area (Å²) in [6, 6.07) is 11.0. The Labute approximate surface area is 131 Å². The number of methoxy groups -OCH3 is 1. The molecule has 0 atom stereocenters. The number of anilines is 1. The van der Waals surface area contributed by atoms with Crippen molar-refractivity contribution >= 4 is 11.7 Å². The molecule has 0 aliphatic rings. The number of hydrogen-bond donors (Lipinski definition) is 2. The van der Waals surface area contributed by atoms with Crippen LogP contribution < -0.4 is 15.4 Å². The normalized spacial score (nSPS) is 11.0. The molecule has 0 aliphatic carbocycles. The minimum atomic E-state index is -4.40. The Morgan fingerprint density at radius 2 is 1.83 bits per heavy atom. The molecule has 2 aromatic carbocycles. The smallest absolute Gasteiger partial charge is 0.416 e. The summed E-state index contributed by atoms with van der Waals surface area (Å²) < 4.78 is 42.8. The first-order valence-electron chi connectivity index (χ1n) is 6.73. The van der Waals surface area contributed by atoms with Crippen LogP contribution in [0.3, 0.4) is 0 Å². The van der Waals surface area contributed by atoms with E-state index in [0.717, 1.165) is 12.1 Å². The third-order valence-electron chi connectivity index (χ3n) is 3.06. The summed E-state index contributed by atoms with van der Waals surface area (Å²) in [5.74, 6) is 0.653. The van der Waals surface area contributed by atoms with Gasteiger partial charge in [0.2, 0.25) is 0 Å². The van der Waals surface area contributed by atoms with Crippen molar-refractivity contribution in [3.05, 3.63) is 59.7 Å². The average molecular weight is 324 g/mol. The molecule has 0 heterocycles. The van der Waals surface area contributed by atoms with E-state index in [-0.39, 0.29) is 6.54 Å². The van der Waals surface area contributed by atoms with Crippen LogP contribution in [0, 0.1) is 0 Å².